The van der Waals surface area contributed by atoms with E-state index in [9.17, 15) is 14.4 Å². The third-order valence-corrected chi connectivity index (χ3v) is 7.44. The average Bonchev–Trinajstić information content (AvgIpc) is 2.95. The number of fused-ring (bicyclic) bond motifs is 4. The maximum atomic E-state index is 13.5. The number of carbonyl (C=O) groups excluding carboxylic acids is 3. The van der Waals surface area contributed by atoms with Crippen molar-refractivity contribution in [1.29, 1.82) is 0 Å². The van der Waals surface area contributed by atoms with Gasteiger partial charge in [-0.25, -0.2) is 9.78 Å². The zero-order chi connectivity index (χ0) is 28.2. The molecule has 3 amide bonds. The minimum Gasteiger partial charge on any atom is -0.453 e. The van der Waals surface area contributed by atoms with E-state index in [1.807, 2.05) is 36.1 Å². The maximum Gasteiger partial charge on any atom is 0.411 e. The molecule has 206 valence electrons. The minimum atomic E-state index is -0.599. The number of nitrogens with two attached hydrogens (primary N) is 1. The van der Waals surface area contributed by atoms with Crippen LogP contribution in [-0.2, 0) is 14.3 Å². The molecule has 1 aromatic carbocycles. The molecule has 0 saturated carbocycles. The zero-order valence-electron chi connectivity index (χ0n) is 22.5. The van der Waals surface area contributed by atoms with Crippen LogP contribution in [-0.4, -0.2) is 46.4 Å². The summed E-state index contributed by atoms with van der Waals surface area (Å²) in [6.07, 6.45) is 7.21. The number of benzene rings is 1. The number of nitrogens with zero attached hydrogens (tertiary/aromatic N) is 3. The van der Waals surface area contributed by atoms with Crippen molar-refractivity contribution in [3.8, 4) is 11.1 Å². The van der Waals surface area contributed by atoms with Gasteiger partial charge >= 0.3 is 6.09 Å². The molecule has 10 nitrogen and oxygen atoms in total. The maximum absolute atomic E-state index is 13.5. The summed E-state index contributed by atoms with van der Waals surface area (Å²) in [5.74, 6) is -0.0239. The van der Waals surface area contributed by atoms with Gasteiger partial charge in [0.05, 0.1) is 24.5 Å². The number of pyridine rings is 2. The highest BCUT2D eigenvalue weighted by Crippen LogP contribution is 2.37. The lowest BCUT2D eigenvalue weighted by atomic mass is 9.93. The predicted molar refractivity (Wildman–Crippen MR) is 153 cm³/mol. The fourth-order valence-corrected chi connectivity index (χ4v) is 5.25. The number of amides is 3. The van der Waals surface area contributed by atoms with E-state index in [2.05, 4.69) is 15.6 Å². The second-order valence-electron chi connectivity index (χ2n) is 10.1. The Balaban J connectivity index is 1.51. The molecular weight excluding hydrogens is 508 g/mol. The first kappa shape index (κ1) is 26.9. The van der Waals surface area contributed by atoms with E-state index in [0.717, 1.165) is 34.4 Å². The van der Waals surface area contributed by atoms with Crippen LogP contribution in [0.4, 0.5) is 22.0 Å². The van der Waals surface area contributed by atoms with Gasteiger partial charge in [0.15, 0.2) is 0 Å². The fourth-order valence-electron chi connectivity index (χ4n) is 5.25. The zero-order valence-corrected chi connectivity index (χ0v) is 22.5. The standard InChI is InChI=1S/C30H32N6O4/c1-18-4-3-5-26(36-13-10-20(16-28(36)37)19-8-12-33-27(31)15-19)25-14-21(9-11-32-25)23-7-6-22(34-30(39)40-2)17-24(23)35-29(18)38/h6-9,11-12,14-18,26H,3-5,10,13H2,1-2H3,(H2,31,33)(H,34,39)(H,35,38). The van der Waals surface area contributed by atoms with E-state index in [-0.39, 0.29) is 23.8 Å². The summed E-state index contributed by atoms with van der Waals surface area (Å²) < 4.78 is 4.71. The number of nitrogen functional groups attached to an aromatic ring is 1. The molecule has 4 N–H and O–H groups in total. The Labute approximate surface area is 232 Å². The normalized spacial score (nSPS) is 19.4. The topological polar surface area (TPSA) is 140 Å². The molecule has 2 bridgehead atoms. The van der Waals surface area contributed by atoms with Crippen LogP contribution in [0.2, 0.25) is 0 Å². The molecular formula is C30H32N6O4. The molecule has 0 aliphatic carbocycles. The monoisotopic (exact) mass is 540 g/mol. The van der Waals surface area contributed by atoms with Gasteiger partial charge in [-0.3, -0.25) is 19.9 Å². The Bertz CT molecular complexity index is 1490. The van der Waals surface area contributed by atoms with E-state index >= 15 is 0 Å². The van der Waals surface area contributed by atoms with Gasteiger partial charge in [0, 0.05) is 42.2 Å². The van der Waals surface area contributed by atoms with Crippen LogP contribution in [0.5, 0.6) is 0 Å². The van der Waals surface area contributed by atoms with Gasteiger partial charge < -0.3 is 20.7 Å². The van der Waals surface area contributed by atoms with Gasteiger partial charge in [0.25, 0.3) is 0 Å². The van der Waals surface area contributed by atoms with Gasteiger partial charge in [-0.1, -0.05) is 19.4 Å². The number of hydrogen-bond donors (Lipinski definition) is 3. The first-order valence-corrected chi connectivity index (χ1v) is 13.3. The summed E-state index contributed by atoms with van der Waals surface area (Å²) in [7, 11) is 1.29. The highest BCUT2D eigenvalue weighted by Gasteiger charge is 2.30. The van der Waals surface area contributed by atoms with Crippen LogP contribution in [0.25, 0.3) is 16.7 Å². The molecule has 0 spiro atoms. The smallest absolute Gasteiger partial charge is 0.411 e. The minimum absolute atomic E-state index is 0.0781. The number of hydrogen-bond acceptors (Lipinski definition) is 7. The number of aromatic nitrogens is 2. The highest BCUT2D eigenvalue weighted by atomic mass is 16.5. The molecule has 2 atom stereocenters. The Morgan fingerprint density at radius 3 is 2.65 bits per heavy atom. The van der Waals surface area contributed by atoms with Gasteiger partial charge in [0.2, 0.25) is 11.8 Å². The summed E-state index contributed by atoms with van der Waals surface area (Å²) in [6.45, 7) is 2.43. The summed E-state index contributed by atoms with van der Waals surface area (Å²) in [6, 6.07) is 12.6. The van der Waals surface area contributed by atoms with Crippen LogP contribution < -0.4 is 16.4 Å². The van der Waals surface area contributed by atoms with Crippen molar-refractivity contribution in [2.24, 2.45) is 5.92 Å². The Morgan fingerprint density at radius 2 is 1.88 bits per heavy atom. The molecule has 4 heterocycles. The molecule has 40 heavy (non-hydrogen) atoms. The lowest BCUT2D eigenvalue weighted by molar-refractivity contribution is -0.129. The number of rotatable bonds is 3. The van der Waals surface area contributed by atoms with Crippen molar-refractivity contribution < 1.29 is 19.1 Å². The molecule has 10 heteroatoms. The van der Waals surface area contributed by atoms with Crippen molar-refractivity contribution in [2.45, 2.75) is 38.6 Å². The molecule has 2 unspecified atom stereocenters. The Kier molecular flexibility index (Phi) is 7.77. The van der Waals surface area contributed by atoms with Crippen LogP contribution in [0.3, 0.4) is 0 Å². The summed E-state index contributed by atoms with van der Waals surface area (Å²) in [4.78, 5) is 49.0. The third kappa shape index (κ3) is 5.80. The number of methoxy groups -OCH3 is 1. The molecule has 3 aromatic rings. The molecule has 2 aliphatic rings. The Hall–Kier alpha value is -4.73. The van der Waals surface area contributed by atoms with E-state index in [0.29, 0.717) is 43.0 Å². The van der Waals surface area contributed by atoms with Crippen molar-refractivity contribution in [2.75, 3.05) is 30.0 Å². The van der Waals surface area contributed by atoms with Gasteiger partial charge in [-0.2, -0.15) is 0 Å². The quantitative estimate of drug-likeness (QED) is 0.424. The molecule has 2 aromatic heterocycles. The lowest BCUT2D eigenvalue weighted by Crippen LogP contribution is -2.38. The van der Waals surface area contributed by atoms with Crippen molar-refractivity contribution >= 4 is 40.7 Å². The first-order valence-electron chi connectivity index (χ1n) is 13.3. The molecule has 2 aliphatic heterocycles. The van der Waals surface area contributed by atoms with Gasteiger partial charge in [0.1, 0.15) is 5.82 Å². The summed E-state index contributed by atoms with van der Waals surface area (Å²) in [5.41, 5.74) is 11.2. The lowest BCUT2D eigenvalue weighted by Gasteiger charge is -2.34. The molecule has 0 radical (unpaired) electrons. The van der Waals surface area contributed by atoms with E-state index in [1.54, 1.807) is 36.7 Å². The van der Waals surface area contributed by atoms with E-state index in [1.165, 1.54) is 7.11 Å². The molecule has 5 rings (SSSR count). The van der Waals surface area contributed by atoms with Crippen molar-refractivity contribution in [1.82, 2.24) is 14.9 Å². The highest BCUT2D eigenvalue weighted by molar-refractivity contribution is 5.99. The second-order valence-corrected chi connectivity index (χ2v) is 10.1. The first-order chi connectivity index (χ1) is 19.3. The third-order valence-electron chi connectivity index (χ3n) is 7.44. The number of nitrogens with one attached hydrogen (secondary N) is 2. The Morgan fingerprint density at radius 1 is 1.07 bits per heavy atom. The van der Waals surface area contributed by atoms with Crippen molar-refractivity contribution in [3.05, 3.63) is 72.2 Å². The van der Waals surface area contributed by atoms with Gasteiger partial charge in [-0.05, 0) is 72.4 Å². The van der Waals surface area contributed by atoms with Crippen LogP contribution in [0.15, 0.2) is 60.9 Å². The SMILES string of the molecule is COC(=O)Nc1ccc2c(c1)NC(=O)C(C)CCCC(N1CCC(c3ccnc(N)c3)=CC1=O)c1cc-2ccn1. The predicted octanol–water partition coefficient (Wildman–Crippen LogP) is 5.02. The fraction of sp³-hybridized carbons (Fsp3) is 0.300. The van der Waals surface area contributed by atoms with Crippen LogP contribution >= 0.6 is 0 Å². The van der Waals surface area contributed by atoms with E-state index in [4.69, 9.17) is 15.5 Å². The number of anilines is 3. The van der Waals surface area contributed by atoms with Crippen LogP contribution in [0, 0.1) is 5.92 Å². The summed E-state index contributed by atoms with van der Waals surface area (Å²) in [5, 5.41) is 5.69. The van der Waals surface area contributed by atoms with E-state index < -0.39 is 6.09 Å². The molecule has 0 fully saturated rings. The summed E-state index contributed by atoms with van der Waals surface area (Å²) >= 11 is 0. The van der Waals surface area contributed by atoms with Crippen LogP contribution in [0.1, 0.15) is 49.9 Å². The number of carbonyl (C=O) groups is 3. The van der Waals surface area contributed by atoms with Crippen molar-refractivity contribution in [3.63, 3.8) is 0 Å². The number of ether oxygens (including phenoxy) is 1. The van der Waals surface area contributed by atoms with Gasteiger partial charge in [-0.15, -0.1) is 0 Å². The average molecular weight is 541 g/mol. The largest absolute Gasteiger partial charge is 0.453 e. The second kappa shape index (κ2) is 11.6. The molecule has 0 saturated heterocycles.